The fraction of sp³-hybridized carbons (Fsp3) is 0.750. The standard InChI is InChI=1S/C12H20N2O5/c1-3-19-11(17)9-6-4-5-7-14(9)12(18)13-8(2)10(15)16/h8-9H,3-7H2,1-2H3,(H,13,18)(H,15,16)/t8-,9?/m1/s1. The lowest BCUT2D eigenvalue weighted by molar-refractivity contribution is -0.149. The minimum atomic E-state index is -1.11. The summed E-state index contributed by atoms with van der Waals surface area (Å²) in [5.41, 5.74) is 0. The van der Waals surface area contributed by atoms with Crippen LogP contribution in [0.25, 0.3) is 0 Å². The minimum absolute atomic E-state index is 0.260. The highest BCUT2D eigenvalue weighted by molar-refractivity contribution is 5.86. The molecule has 0 aromatic carbocycles. The summed E-state index contributed by atoms with van der Waals surface area (Å²) in [6.45, 7) is 3.78. The number of piperidine rings is 1. The first-order valence-electron chi connectivity index (χ1n) is 6.44. The number of rotatable bonds is 4. The highest BCUT2D eigenvalue weighted by Crippen LogP contribution is 2.18. The fourth-order valence-electron chi connectivity index (χ4n) is 1.99. The van der Waals surface area contributed by atoms with Gasteiger partial charge in [0.05, 0.1) is 6.61 Å². The monoisotopic (exact) mass is 272 g/mol. The predicted octanol–water partition coefficient (Wildman–Crippen LogP) is 0.587. The second-order valence-corrected chi connectivity index (χ2v) is 4.47. The number of carbonyl (C=O) groups excluding carboxylic acids is 2. The van der Waals surface area contributed by atoms with Crippen LogP contribution >= 0.6 is 0 Å². The second-order valence-electron chi connectivity index (χ2n) is 4.47. The summed E-state index contributed by atoms with van der Waals surface area (Å²) < 4.78 is 4.94. The van der Waals surface area contributed by atoms with Crippen molar-refractivity contribution in [2.24, 2.45) is 0 Å². The molecule has 0 radical (unpaired) electrons. The quantitative estimate of drug-likeness (QED) is 0.730. The molecule has 2 N–H and O–H groups in total. The second kappa shape index (κ2) is 6.96. The van der Waals surface area contributed by atoms with Crippen LogP contribution in [0.15, 0.2) is 0 Å². The number of carboxylic acid groups (broad SMARTS) is 1. The van der Waals surface area contributed by atoms with Crippen LogP contribution in [0, 0.1) is 0 Å². The highest BCUT2D eigenvalue weighted by Gasteiger charge is 2.34. The largest absolute Gasteiger partial charge is 0.480 e. The van der Waals surface area contributed by atoms with Crippen LogP contribution in [0.3, 0.4) is 0 Å². The maximum atomic E-state index is 12.0. The van der Waals surface area contributed by atoms with Crippen molar-refractivity contribution >= 4 is 18.0 Å². The Balaban J connectivity index is 2.68. The van der Waals surface area contributed by atoms with Crippen LogP contribution < -0.4 is 5.32 Å². The number of likely N-dealkylation sites (tertiary alicyclic amines) is 1. The van der Waals surface area contributed by atoms with Crippen LogP contribution in [-0.4, -0.2) is 53.2 Å². The molecule has 1 saturated heterocycles. The molecule has 2 atom stereocenters. The molecular formula is C12H20N2O5. The maximum Gasteiger partial charge on any atom is 0.328 e. The molecule has 7 heteroatoms. The smallest absolute Gasteiger partial charge is 0.328 e. The number of carbonyl (C=O) groups is 3. The molecular weight excluding hydrogens is 252 g/mol. The lowest BCUT2D eigenvalue weighted by atomic mass is 10.0. The van der Waals surface area contributed by atoms with Gasteiger partial charge in [0.15, 0.2) is 0 Å². The number of hydrogen-bond donors (Lipinski definition) is 2. The van der Waals surface area contributed by atoms with Gasteiger partial charge < -0.3 is 20.1 Å². The molecule has 7 nitrogen and oxygen atoms in total. The number of esters is 1. The van der Waals surface area contributed by atoms with Crippen molar-refractivity contribution in [2.75, 3.05) is 13.2 Å². The van der Waals surface area contributed by atoms with Gasteiger partial charge in [0.2, 0.25) is 0 Å². The SMILES string of the molecule is CCOC(=O)C1CCCCN1C(=O)N[C@H](C)C(=O)O. The third-order valence-electron chi connectivity index (χ3n) is 3.03. The Kier molecular flexibility index (Phi) is 5.59. The summed E-state index contributed by atoms with van der Waals surface area (Å²) in [6, 6.07) is -2.14. The van der Waals surface area contributed by atoms with Crippen molar-refractivity contribution < 1.29 is 24.2 Å². The average molecular weight is 272 g/mol. The van der Waals surface area contributed by atoms with Crippen molar-refractivity contribution in [3.63, 3.8) is 0 Å². The van der Waals surface area contributed by atoms with Gasteiger partial charge in [-0.1, -0.05) is 0 Å². The zero-order valence-electron chi connectivity index (χ0n) is 11.2. The van der Waals surface area contributed by atoms with Gasteiger partial charge in [0.25, 0.3) is 0 Å². The summed E-state index contributed by atoms with van der Waals surface area (Å²) in [4.78, 5) is 35.8. The number of nitrogens with one attached hydrogen (secondary N) is 1. The van der Waals surface area contributed by atoms with Crippen LogP contribution in [0.4, 0.5) is 4.79 Å². The lowest BCUT2D eigenvalue weighted by Gasteiger charge is -2.34. The summed E-state index contributed by atoms with van der Waals surface area (Å²) in [5.74, 6) is -1.54. The molecule has 1 aliphatic rings. The van der Waals surface area contributed by atoms with E-state index in [1.807, 2.05) is 0 Å². The van der Waals surface area contributed by atoms with Crippen molar-refractivity contribution in [1.29, 1.82) is 0 Å². The van der Waals surface area contributed by atoms with Crippen molar-refractivity contribution in [3.8, 4) is 0 Å². The van der Waals surface area contributed by atoms with Crippen molar-refractivity contribution in [2.45, 2.75) is 45.2 Å². The van der Waals surface area contributed by atoms with E-state index < -0.39 is 30.1 Å². The predicted molar refractivity (Wildman–Crippen MR) is 66.6 cm³/mol. The number of amides is 2. The van der Waals surface area contributed by atoms with Gasteiger partial charge in [0.1, 0.15) is 12.1 Å². The van der Waals surface area contributed by atoms with Crippen LogP contribution in [-0.2, 0) is 14.3 Å². The summed E-state index contributed by atoms with van der Waals surface area (Å²) in [7, 11) is 0. The Labute approximate surface area is 111 Å². The zero-order chi connectivity index (χ0) is 14.4. The Morgan fingerprint density at radius 2 is 2.11 bits per heavy atom. The molecule has 1 aliphatic heterocycles. The first-order chi connectivity index (χ1) is 8.97. The Bertz CT molecular complexity index is 358. The Hall–Kier alpha value is -1.79. The first-order valence-corrected chi connectivity index (χ1v) is 6.44. The summed E-state index contributed by atoms with van der Waals surface area (Å²) in [5, 5.41) is 11.1. The topological polar surface area (TPSA) is 95.9 Å². The average Bonchev–Trinajstić information content (AvgIpc) is 2.38. The molecule has 108 valence electrons. The Morgan fingerprint density at radius 1 is 1.42 bits per heavy atom. The van der Waals surface area contributed by atoms with E-state index in [0.29, 0.717) is 13.0 Å². The normalized spacial score (nSPS) is 20.5. The number of carboxylic acids is 1. The van der Waals surface area contributed by atoms with Crippen LogP contribution in [0.2, 0.25) is 0 Å². The maximum absolute atomic E-state index is 12.0. The van der Waals surface area contributed by atoms with E-state index in [2.05, 4.69) is 5.32 Å². The lowest BCUT2D eigenvalue weighted by Crippen LogP contribution is -2.54. The van der Waals surface area contributed by atoms with Crippen molar-refractivity contribution in [3.05, 3.63) is 0 Å². The molecule has 19 heavy (non-hydrogen) atoms. The van der Waals surface area contributed by atoms with Gasteiger partial charge in [0, 0.05) is 6.54 Å². The first kappa shape index (κ1) is 15.3. The van der Waals surface area contributed by atoms with E-state index >= 15 is 0 Å². The molecule has 1 unspecified atom stereocenters. The molecule has 0 aromatic heterocycles. The van der Waals surface area contributed by atoms with Crippen molar-refractivity contribution in [1.82, 2.24) is 10.2 Å². The number of ether oxygens (including phenoxy) is 1. The van der Waals surface area contributed by atoms with E-state index in [1.54, 1.807) is 6.92 Å². The number of urea groups is 1. The van der Waals surface area contributed by atoms with Crippen LogP contribution in [0.1, 0.15) is 33.1 Å². The van der Waals surface area contributed by atoms with Gasteiger partial charge in [-0.05, 0) is 33.1 Å². The highest BCUT2D eigenvalue weighted by atomic mass is 16.5. The number of hydrogen-bond acceptors (Lipinski definition) is 4. The van der Waals surface area contributed by atoms with Gasteiger partial charge in [-0.3, -0.25) is 4.79 Å². The zero-order valence-corrected chi connectivity index (χ0v) is 11.2. The minimum Gasteiger partial charge on any atom is -0.480 e. The van der Waals surface area contributed by atoms with E-state index in [-0.39, 0.29) is 6.61 Å². The van der Waals surface area contributed by atoms with E-state index in [1.165, 1.54) is 11.8 Å². The molecule has 1 fully saturated rings. The van der Waals surface area contributed by atoms with Gasteiger partial charge in [-0.25, -0.2) is 9.59 Å². The van der Waals surface area contributed by atoms with Crippen LogP contribution in [0.5, 0.6) is 0 Å². The third-order valence-corrected chi connectivity index (χ3v) is 3.03. The van der Waals surface area contributed by atoms with Gasteiger partial charge in [-0.15, -0.1) is 0 Å². The summed E-state index contributed by atoms with van der Waals surface area (Å²) >= 11 is 0. The van der Waals surface area contributed by atoms with E-state index in [9.17, 15) is 14.4 Å². The Morgan fingerprint density at radius 3 is 2.68 bits per heavy atom. The number of aliphatic carboxylic acids is 1. The van der Waals surface area contributed by atoms with E-state index in [4.69, 9.17) is 9.84 Å². The number of nitrogens with zero attached hydrogens (tertiary/aromatic N) is 1. The molecule has 0 spiro atoms. The molecule has 1 rings (SSSR count). The van der Waals surface area contributed by atoms with Gasteiger partial charge in [-0.2, -0.15) is 0 Å². The molecule has 0 aliphatic carbocycles. The fourth-order valence-corrected chi connectivity index (χ4v) is 1.99. The van der Waals surface area contributed by atoms with Gasteiger partial charge >= 0.3 is 18.0 Å². The van der Waals surface area contributed by atoms with E-state index in [0.717, 1.165) is 12.8 Å². The molecule has 1 heterocycles. The molecule has 0 saturated carbocycles. The third kappa shape index (κ3) is 4.11. The summed E-state index contributed by atoms with van der Waals surface area (Å²) in [6.07, 6.45) is 2.19. The molecule has 0 aromatic rings. The molecule has 0 bridgehead atoms. The molecule has 2 amide bonds.